The van der Waals surface area contributed by atoms with E-state index in [0.29, 0.717) is 30.3 Å². The number of benzene rings is 2. The molecule has 0 radical (unpaired) electrons. The monoisotopic (exact) mass is 514 g/mol. The van der Waals surface area contributed by atoms with Crippen LogP contribution in [0.4, 0.5) is 10.1 Å². The number of carbonyl (C=O) groups excluding carboxylic acids is 1. The van der Waals surface area contributed by atoms with E-state index >= 15 is 4.39 Å². The van der Waals surface area contributed by atoms with E-state index in [0.717, 1.165) is 0 Å². The van der Waals surface area contributed by atoms with Gasteiger partial charge in [-0.25, -0.2) is 12.8 Å². The summed E-state index contributed by atoms with van der Waals surface area (Å²) >= 11 is 3.14. The van der Waals surface area contributed by atoms with Gasteiger partial charge >= 0.3 is 0 Å². The van der Waals surface area contributed by atoms with E-state index < -0.39 is 43.7 Å². The third-order valence-electron chi connectivity index (χ3n) is 5.23. The van der Waals surface area contributed by atoms with Crippen molar-refractivity contribution in [2.75, 3.05) is 17.9 Å². The van der Waals surface area contributed by atoms with Crippen LogP contribution in [-0.2, 0) is 14.8 Å². The van der Waals surface area contributed by atoms with Crippen LogP contribution >= 0.6 is 15.9 Å². The molecule has 1 saturated heterocycles. The first-order chi connectivity index (χ1) is 14.7. The highest BCUT2D eigenvalue weighted by Gasteiger charge is 2.34. The summed E-state index contributed by atoms with van der Waals surface area (Å²) in [7, 11) is -4.35. The highest BCUT2D eigenvalue weighted by atomic mass is 79.9. The minimum atomic E-state index is -4.35. The van der Waals surface area contributed by atoms with E-state index in [4.69, 9.17) is 4.74 Å². The summed E-state index contributed by atoms with van der Waals surface area (Å²) in [6, 6.07) is 4.72. The van der Waals surface area contributed by atoms with Gasteiger partial charge < -0.3 is 20.3 Å². The number of carbonyl (C=O) groups is 1. The van der Waals surface area contributed by atoms with Crippen LogP contribution in [0.3, 0.4) is 0 Å². The number of nitrogens with one attached hydrogen (secondary N) is 2. The van der Waals surface area contributed by atoms with Crippen LogP contribution in [0.25, 0.3) is 0 Å². The van der Waals surface area contributed by atoms with Crippen LogP contribution in [0.5, 0.6) is 11.5 Å². The Morgan fingerprint density at radius 2 is 1.94 bits per heavy atom. The van der Waals surface area contributed by atoms with Crippen molar-refractivity contribution >= 4 is 37.5 Å². The highest BCUT2D eigenvalue weighted by molar-refractivity contribution is 9.10. The zero-order chi connectivity index (χ0) is 22.3. The molecule has 4 N–H and O–H groups in total. The number of hydrogen-bond donors (Lipinski definition) is 4. The maximum absolute atomic E-state index is 15.1. The third kappa shape index (κ3) is 4.48. The molecule has 166 valence electrons. The van der Waals surface area contributed by atoms with Crippen molar-refractivity contribution in [3.63, 3.8) is 0 Å². The fourth-order valence-corrected chi connectivity index (χ4v) is 5.15. The van der Waals surface area contributed by atoms with Crippen molar-refractivity contribution in [2.24, 2.45) is 0 Å². The number of aromatic hydroxyl groups is 2. The molecule has 0 unspecified atom stereocenters. The summed E-state index contributed by atoms with van der Waals surface area (Å²) in [6.07, 6.45) is 1.94. The number of halogens is 2. The molecule has 4 rings (SSSR count). The van der Waals surface area contributed by atoms with Crippen molar-refractivity contribution in [2.45, 2.75) is 36.1 Å². The molecule has 1 saturated carbocycles. The van der Waals surface area contributed by atoms with Crippen molar-refractivity contribution < 1.29 is 32.6 Å². The van der Waals surface area contributed by atoms with E-state index in [9.17, 15) is 23.4 Å². The molecular formula is C20H20BrFN2O6S. The molecule has 1 heterocycles. The van der Waals surface area contributed by atoms with E-state index in [1.807, 2.05) is 0 Å². The van der Waals surface area contributed by atoms with Crippen LogP contribution in [0.1, 0.15) is 41.1 Å². The van der Waals surface area contributed by atoms with Crippen molar-refractivity contribution in [1.82, 2.24) is 5.32 Å². The zero-order valence-corrected chi connectivity index (χ0v) is 18.6. The Labute approximate surface area is 186 Å². The van der Waals surface area contributed by atoms with E-state index in [-0.39, 0.29) is 29.8 Å². The van der Waals surface area contributed by atoms with Crippen molar-refractivity contribution in [3.8, 4) is 11.5 Å². The lowest BCUT2D eigenvalue weighted by molar-refractivity contribution is 0.0922. The van der Waals surface area contributed by atoms with Gasteiger partial charge in [-0.05, 0) is 55.0 Å². The molecule has 2 fully saturated rings. The molecule has 2 aromatic rings. The minimum Gasteiger partial charge on any atom is -0.507 e. The predicted octanol–water partition coefficient (Wildman–Crippen LogP) is 3.20. The lowest BCUT2D eigenvalue weighted by Gasteiger charge is -2.18. The maximum atomic E-state index is 15.1. The highest BCUT2D eigenvalue weighted by Crippen LogP contribution is 2.46. The quantitative estimate of drug-likeness (QED) is 0.438. The summed E-state index contributed by atoms with van der Waals surface area (Å²) in [5, 5.41) is 23.2. The maximum Gasteiger partial charge on any atom is 0.265 e. The van der Waals surface area contributed by atoms with E-state index in [1.54, 1.807) is 0 Å². The van der Waals surface area contributed by atoms with Crippen LogP contribution in [0, 0.1) is 5.82 Å². The second-order valence-corrected chi connectivity index (χ2v) is 10.1. The molecule has 1 aliphatic carbocycles. The average molecular weight is 515 g/mol. The van der Waals surface area contributed by atoms with E-state index in [2.05, 4.69) is 26.0 Å². The molecule has 2 aromatic carbocycles. The Kier molecular flexibility index (Phi) is 5.84. The van der Waals surface area contributed by atoms with Crippen LogP contribution < -0.4 is 10.0 Å². The zero-order valence-electron chi connectivity index (χ0n) is 16.2. The molecule has 31 heavy (non-hydrogen) atoms. The number of sulfonamides is 1. The van der Waals surface area contributed by atoms with Gasteiger partial charge in [-0.15, -0.1) is 0 Å². The summed E-state index contributed by atoms with van der Waals surface area (Å²) in [6.45, 7) is 0.737. The van der Waals surface area contributed by atoms with Crippen LogP contribution in [0.2, 0.25) is 0 Å². The number of phenols is 2. The van der Waals surface area contributed by atoms with Gasteiger partial charge in [0.15, 0.2) is 5.75 Å². The van der Waals surface area contributed by atoms with Gasteiger partial charge in [0, 0.05) is 11.1 Å². The number of ether oxygens (including phenoxy) is 1. The Hall–Kier alpha value is -2.37. The fraction of sp³-hybridized carbons (Fsp3) is 0.350. The molecule has 11 heteroatoms. The molecule has 2 aliphatic rings. The smallest absolute Gasteiger partial charge is 0.265 e. The number of phenolic OH excluding ortho intramolecular Hbond substituents is 2. The lowest BCUT2D eigenvalue weighted by atomic mass is 10.0. The van der Waals surface area contributed by atoms with Crippen molar-refractivity contribution in [1.29, 1.82) is 0 Å². The number of rotatable bonds is 6. The predicted molar refractivity (Wildman–Crippen MR) is 113 cm³/mol. The second-order valence-electron chi connectivity index (χ2n) is 7.58. The van der Waals surface area contributed by atoms with Gasteiger partial charge in [0.1, 0.15) is 22.0 Å². The first kappa shape index (κ1) is 21.8. The minimum absolute atomic E-state index is 0.154. The molecule has 0 aromatic heterocycles. The summed E-state index contributed by atoms with van der Waals surface area (Å²) in [5.41, 5.74) is -0.801. The average Bonchev–Trinajstić information content (AvgIpc) is 3.42. The number of amides is 1. The Morgan fingerprint density at radius 3 is 2.58 bits per heavy atom. The van der Waals surface area contributed by atoms with Gasteiger partial charge in [-0.1, -0.05) is 15.9 Å². The van der Waals surface area contributed by atoms with Gasteiger partial charge in [-0.3, -0.25) is 9.52 Å². The molecule has 0 bridgehead atoms. The Bertz CT molecular complexity index is 1150. The van der Waals surface area contributed by atoms with E-state index in [1.165, 1.54) is 24.3 Å². The lowest BCUT2D eigenvalue weighted by Crippen LogP contribution is -2.35. The SMILES string of the molecule is O=C(N[C@H]1CCOC1)c1c(O)c(NS(=O)(=O)c2cc(Br)ccc2O)cc(C2CC2)c1F. The second kappa shape index (κ2) is 8.29. The Balaban J connectivity index is 1.74. The van der Waals surface area contributed by atoms with Gasteiger partial charge in [0.25, 0.3) is 15.9 Å². The standard InChI is InChI=1S/C20H20BrFN2O6S/c21-11-3-4-15(25)16(7-11)31(28,29)24-14-8-13(10-1-2-10)18(22)17(19(14)26)20(27)23-12-5-6-30-9-12/h3-4,7-8,10,12,24-26H,1-2,5-6,9H2,(H,23,27)/t12-/m0/s1. The van der Waals surface area contributed by atoms with Gasteiger partial charge in [0.2, 0.25) is 0 Å². The molecule has 1 aliphatic heterocycles. The fourth-order valence-electron chi connectivity index (χ4n) is 3.46. The Morgan fingerprint density at radius 1 is 1.19 bits per heavy atom. The first-order valence-electron chi connectivity index (χ1n) is 9.62. The number of anilines is 1. The number of hydrogen-bond acceptors (Lipinski definition) is 6. The van der Waals surface area contributed by atoms with Crippen molar-refractivity contribution in [3.05, 3.63) is 45.7 Å². The summed E-state index contributed by atoms with van der Waals surface area (Å²) < 4.78 is 48.6. The molecule has 8 nitrogen and oxygen atoms in total. The van der Waals surface area contributed by atoms with Crippen LogP contribution in [0.15, 0.2) is 33.6 Å². The largest absolute Gasteiger partial charge is 0.507 e. The normalized spacial score (nSPS) is 18.7. The van der Waals surface area contributed by atoms with Crippen LogP contribution in [-0.4, -0.2) is 43.8 Å². The molecular weight excluding hydrogens is 495 g/mol. The summed E-state index contributed by atoms with van der Waals surface area (Å²) in [5.74, 6) is -3.21. The topological polar surface area (TPSA) is 125 Å². The van der Waals surface area contributed by atoms with Gasteiger partial charge in [0.05, 0.1) is 18.3 Å². The molecule has 1 atom stereocenters. The summed E-state index contributed by atoms with van der Waals surface area (Å²) in [4.78, 5) is 12.3. The molecule has 0 spiro atoms. The third-order valence-corrected chi connectivity index (χ3v) is 7.12. The molecule has 1 amide bonds. The van der Waals surface area contributed by atoms with Gasteiger partial charge in [-0.2, -0.15) is 0 Å². The first-order valence-corrected chi connectivity index (χ1v) is 11.9.